The molecule has 0 radical (unpaired) electrons. The third kappa shape index (κ3) is 2.69. The number of aryl methyl sites for hydroxylation is 1. The molecule has 19 heavy (non-hydrogen) atoms. The van der Waals surface area contributed by atoms with Crippen molar-refractivity contribution in [2.24, 2.45) is 0 Å². The summed E-state index contributed by atoms with van der Waals surface area (Å²) in [5.41, 5.74) is 3.87. The molecule has 0 atom stereocenters. The van der Waals surface area contributed by atoms with Gasteiger partial charge in [0.2, 0.25) is 5.89 Å². The third-order valence-corrected chi connectivity index (χ3v) is 3.06. The molecule has 1 heterocycles. The maximum Gasteiger partial charge on any atom is 0.220 e. The highest BCUT2D eigenvalue weighted by Crippen LogP contribution is 2.21. The number of nitrogens with zero attached hydrogens (tertiary/aromatic N) is 1. The fourth-order valence-corrected chi connectivity index (χ4v) is 2.10. The van der Waals surface area contributed by atoms with Gasteiger partial charge in [-0.2, -0.15) is 0 Å². The summed E-state index contributed by atoms with van der Waals surface area (Å²) in [5.74, 6) is 0.582. The van der Waals surface area contributed by atoms with Gasteiger partial charge in [-0.15, -0.1) is 0 Å². The van der Waals surface area contributed by atoms with Crippen molar-refractivity contribution >= 4 is 34.9 Å². The van der Waals surface area contributed by atoms with Crippen molar-refractivity contribution in [2.75, 3.05) is 0 Å². The Morgan fingerprint density at radius 1 is 1.11 bits per heavy atom. The highest BCUT2D eigenvalue weighted by molar-refractivity contribution is 6.31. The Hall–Kier alpha value is -2.06. The second-order valence-corrected chi connectivity index (χ2v) is 4.85. The molecule has 0 amide bonds. The Morgan fingerprint density at radius 2 is 2.00 bits per heavy atom. The summed E-state index contributed by atoms with van der Waals surface area (Å²) in [4.78, 5) is 4.37. The van der Waals surface area contributed by atoms with Crippen LogP contribution in [0.5, 0.6) is 0 Å². The van der Waals surface area contributed by atoms with E-state index in [1.165, 1.54) is 5.56 Å². The highest BCUT2D eigenvalue weighted by atomic mass is 35.5. The van der Waals surface area contributed by atoms with Gasteiger partial charge in [-0.05, 0) is 36.8 Å². The number of fused-ring (bicyclic) bond motifs is 1. The summed E-state index contributed by atoms with van der Waals surface area (Å²) in [6.45, 7) is 2.07. The summed E-state index contributed by atoms with van der Waals surface area (Å²) in [6.07, 6.45) is 3.85. The van der Waals surface area contributed by atoms with Crippen LogP contribution < -0.4 is 0 Å². The van der Waals surface area contributed by atoms with Crippen LogP contribution >= 0.6 is 11.6 Å². The van der Waals surface area contributed by atoms with E-state index in [-0.39, 0.29) is 0 Å². The van der Waals surface area contributed by atoms with E-state index >= 15 is 0 Å². The molecule has 0 aliphatic heterocycles. The molecule has 2 aromatic carbocycles. The lowest BCUT2D eigenvalue weighted by Gasteiger charge is -1.94. The number of benzene rings is 2. The van der Waals surface area contributed by atoms with E-state index in [1.54, 1.807) is 12.1 Å². The molecule has 0 unspecified atom stereocenters. The standard InChI is InChI=1S/C16H12ClNO/c1-11-3-2-4-12(9-11)5-8-16-18-14-10-13(17)6-7-15(14)19-16/h2-10H,1H3/b8-5+. The summed E-state index contributed by atoms with van der Waals surface area (Å²) < 4.78 is 5.62. The van der Waals surface area contributed by atoms with Gasteiger partial charge in [-0.1, -0.05) is 41.4 Å². The minimum atomic E-state index is 0.582. The molecule has 3 heteroatoms. The van der Waals surface area contributed by atoms with Crippen LogP contribution in [0.4, 0.5) is 0 Å². The minimum absolute atomic E-state index is 0.582. The molecule has 0 saturated heterocycles. The Bertz CT molecular complexity index is 758. The van der Waals surface area contributed by atoms with E-state index in [9.17, 15) is 0 Å². The monoisotopic (exact) mass is 269 g/mol. The molecule has 0 spiro atoms. The van der Waals surface area contributed by atoms with Crippen molar-refractivity contribution < 1.29 is 4.42 Å². The predicted molar refractivity (Wildman–Crippen MR) is 79.1 cm³/mol. The lowest BCUT2D eigenvalue weighted by Crippen LogP contribution is -1.75. The van der Waals surface area contributed by atoms with Crippen molar-refractivity contribution in [1.82, 2.24) is 4.98 Å². The van der Waals surface area contributed by atoms with Crippen molar-refractivity contribution in [3.63, 3.8) is 0 Å². The van der Waals surface area contributed by atoms with Gasteiger partial charge in [0.25, 0.3) is 0 Å². The van der Waals surface area contributed by atoms with Crippen molar-refractivity contribution in [3.05, 3.63) is 64.5 Å². The fourth-order valence-electron chi connectivity index (χ4n) is 1.93. The lowest BCUT2D eigenvalue weighted by molar-refractivity contribution is 0.590. The summed E-state index contributed by atoms with van der Waals surface area (Å²) >= 11 is 5.92. The van der Waals surface area contributed by atoms with Crippen molar-refractivity contribution in [2.45, 2.75) is 6.92 Å². The molecular weight excluding hydrogens is 258 g/mol. The SMILES string of the molecule is Cc1cccc(/C=C/c2nc3cc(Cl)ccc3o2)c1. The topological polar surface area (TPSA) is 26.0 Å². The Morgan fingerprint density at radius 3 is 2.84 bits per heavy atom. The van der Waals surface area contributed by atoms with Crippen LogP contribution in [0.25, 0.3) is 23.3 Å². The average Bonchev–Trinajstić information content (AvgIpc) is 2.78. The molecule has 3 aromatic rings. The zero-order chi connectivity index (χ0) is 13.2. The van der Waals surface area contributed by atoms with Crippen molar-refractivity contribution in [1.29, 1.82) is 0 Å². The molecule has 3 rings (SSSR count). The summed E-state index contributed by atoms with van der Waals surface area (Å²) in [6, 6.07) is 13.7. The smallest absolute Gasteiger partial charge is 0.220 e. The third-order valence-electron chi connectivity index (χ3n) is 2.83. The van der Waals surface area contributed by atoms with Crippen molar-refractivity contribution in [3.8, 4) is 0 Å². The van der Waals surface area contributed by atoms with Crippen LogP contribution in [-0.4, -0.2) is 4.98 Å². The molecule has 0 bridgehead atoms. The molecule has 0 saturated carbocycles. The largest absolute Gasteiger partial charge is 0.437 e. The first kappa shape index (κ1) is 12.0. The normalized spacial score (nSPS) is 11.5. The molecule has 0 aliphatic carbocycles. The zero-order valence-electron chi connectivity index (χ0n) is 10.4. The van der Waals surface area contributed by atoms with Gasteiger partial charge in [0, 0.05) is 11.1 Å². The maximum absolute atomic E-state index is 5.92. The predicted octanol–water partition coefficient (Wildman–Crippen LogP) is 4.96. The first-order chi connectivity index (χ1) is 9.20. The number of hydrogen-bond donors (Lipinski definition) is 0. The molecule has 2 nitrogen and oxygen atoms in total. The molecule has 0 fully saturated rings. The van der Waals surface area contributed by atoms with Gasteiger partial charge in [0.05, 0.1) is 0 Å². The van der Waals surface area contributed by atoms with Crippen LogP contribution in [0, 0.1) is 6.92 Å². The average molecular weight is 270 g/mol. The highest BCUT2D eigenvalue weighted by Gasteiger charge is 2.03. The van der Waals surface area contributed by atoms with Crippen LogP contribution in [0.3, 0.4) is 0 Å². The first-order valence-electron chi connectivity index (χ1n) is 6.01. The number of halogens is 1. The van der Waals surface area contributed by atoms with Gasteiger partial charge >= 0.3 is 0 Å². The second-order valence-electron chi connectivity index (χ2n) is 4.41. The fraction of sp³-hybridized carbons (Fsp3) is 0.0625. The Kier molecular flexibility index (Phi) is 3.10. The minimum Gasteiger partial charge on any atom is -0.437 e. The number of hydrogen-bond acceptors (Lipinski definition) is 2. The maximum atomic E-state index is 5.92. The van der Waals surface area contributed by atoms with Gasteiger partial charge < -0.3 is 4.42 Å². The van der Waals surface area contributed by atoms with E-state index in [0.29, 0.717) is 10.9 Å². The van der Waals surface area contributed by atoms with Gasteiger partial charge in [0.15, 0.2) is 5.58 Å². The van der Waals surface area contributed by atoms with E-state index < -0.39 is 0 Å². The molecular formula is C16H12ClNO. The molecule has 1 aromatic heterocycles. The van der Waals surface area contributed by atoms with E-state index in [0.717, 1.165) is 16.7 Å². The van der Waals surface area contributed by atoms with Crippen LogP contribution in [0.2, 0.25) is 5.02 Å². The Labute approximate surface area is 116 Å². The van der Waals surface area contributed by atoms with Gasteiger partial charge in [-0.3, -0.25) is 0 Å². The lowest BCUT2D eigenvalue weighted by atomic mass is 10.1. The van der Waals surface area contributed by atoms with E-state index in [2.05, 4.69) is 24.0 Å². The molecule has 94 valence electrons. The van der Waals surface area contributed by atoms with Crippen LogP contribution in [0.15, 0.2) is 46.9 Å². The number of aromatic nitrogens is 1. The van der Waals surface area contributed by atoms with Crippen LogP contribution in [0.1, 0.15) is 17.0 Å². The molecule has 0 N–H and O–H groups in total. The summed E-state index contributed by atoms with van der Waals surface area (Å²) in [5, 5.41) is 0.662. The first-order valence-corrected chi connectivity index (χ1v) is 6.39. The van der Waals surface area contributed by atoms with Gasteiger partial charge in [0.1, 0.15) is 5.52 Å². The quantitative estimate of drug-likeness (QED) is 0.657. The number of oxazole rings is 1. The Balaban J connectivity index is 1.92. The van der Waals surface area contributed by atoms with E-state index in [4.69, 9.17) is 16.0 Å². The number of rotatable bonds is 2. The second kappa shape index (κ2) is 4.90. The molecule has 0 aliphatic rings. The van der Waals surface area contributed by atoms with Gasteiger partial charge in [-0.25, -0.2) is 4.98 Å². The zero-order valence-corrected chi connectivity index (χ0v) is 11.2. The summed E-state index contributed by atoms with van der Waals surface area (Å²) in [7, 11) is 0. The van der Waals surface area contributed by atoms with E-state index in [1.807, 2.05) is 30.4 Å². The van der Waals surface area contributed by atoms with Crippen LogP contribution in [-0.2, 0) is 0 Å².